The molecular formula is C11H18N2OS. The second-order valence-corrected chi connectivity index (χ2v) is 5.84. The van der Waals surface area contributed by atoms with Crippen LogP contribution in [0.2, 0.25) is 0 Å². The van der Waals surface area contributed by atoms with Gasteiger partial charge in [-0.2, -0.15) is 0 Å². The molecule has 0 aliphatic rings. The Morgan fingerprint density at radius 3 is 2.53 bits per heavy atom. The van der Waals surface area contributed by atoms with Crippen molar-refractivity contribution < 1.29 is 4.79 Å². The predicted molar refractivity (Wildman–Crippen MR) is 65.1 cm³/mol. The monoisotopic (exact) mass is 226 g/mol. The molecule has 0 spiro atoms. The van der Waals surface area contributed by atoms with Crippen LogP contribution < -0.4 is 5.73 Å². The van der Waals surface area contributed by atoms with Crippen LogP contribution in [0.3, 0.4) is 0 Å². The zero-order chi connectivity index (χ0) is 11.6. The highest BCUT2D eigenvalue weighted by atomic mass is 32.1. The fourth-order valence-electron chi connectivity index (χ4n) is 1.45. The maximum atomic E-state index is 12.0. The van der Waals surface area contributed by atoms with E-state index in [1.165, 1.54) is 11.3 Å². The second kappa shape index (κ2) is 4.23. The van der Waals surface area contributed by atoms with Crippen LogP contribution in [0.1, 0.15) is 30.4 Å². The van der Waals surface area contributed by atoms with Crippen molar-refractivity contribution in [2.45, 2.75) is 20.8 Å². The third-order valence-corrected chi connectivity index (χ3v) is 2.87. The van der Waals surface area contributed by atoms with Crippen LogP contribution in [-0.4, -0.2) is 24.4 Å². The molecular weight excluding hydrogens is 208 g/mol. The molecule has 15 heavy (non-hydrogen) atoms. The summed E-state index contributed by atoms with van der Waals surface area (Å²) in [5.74, 6) is 0.0115. The molecule has 1 heterocycles. The van der Waals surface area contributed by atoms with Crippen molar-refractivity contribution in [2.24, 2.45) is 5.41 Å². The summed E-state index contributed by atoms with van der Waals surface area (Å²) >= 11 is 1.40. The molecule has 1 amide bonds. The Morgan fingerprint density at radius 2 is 2.13 bits per heavy atom. The second-order valence-electron chi connectivity index (χ2n) is 4.93. The molecule has 0 aliphatic heterocycles. The van der Waals surface area contributed by atoms with Crippen molar-refractivity contribution in [3.8, 4) is 0 Å². The normalized spacial score (nSPS) is 11.5. The van der Waals surface area contributed by atoms with Gasteiger partial charge in [0.15, 0.2) is 0 Å². The average Bonchev–Trinajstić information content (AvgIpc) is 2.47. The molecule has 3 nitrogen and oxygen atoms in total. The van der Waals surface area contributed by atoms with Crippen LogP contribution in [0.25, 0.3) is 0 Å². The van der Waals surface area contributed by atoms with E-state index < -0.39 is 0 Å². The maximum absolute atomic E-state index is 12.0. The molecule has 84 valence electrons. The van der Waals surface area contributed by atoms with Crippen molar-refractivity contribution in [1.82, 2.24) is 4.90 Å². The number of nitrogens with zero attached hydrogens (tertiary/aromatic N) is 1. The molecule has 0 bridgehead atoms. The number of carbonyl (C=O) groups is 1. The summed E-state index contributed by atoms with van der Waals surface area (Å²) in [4.78, 5) is 14.3. The third-order valence-electron chi connectivity index (χ3n) is 1.95. The van der Waals surface area contributed by atoms with Crippen LogP contribution in [0.5, 0.6) is 0 Å². The number of hydrogen-bond acceptors (Lipinski definition) is 3. The summed E-state index contributed by atoms with van der Waals surface area (Å²) < 4.78 is 0. The number of thiophene rings is 1. The topological polar surface area (TPSA) is 46.3 Å². The van der Waals surface area contributed by atoms with Crippen LogP contribution in [0.4, 0.5) is 5.69 Å². The molecule has 1 aromatic heterocycles. The number of anilines is 1. The van der Waals surface area contributed by atoms with Crippen molar-refractivity contribution in [3.63, 3.8) is 0 Å². The fraction of sp³-hybridized carbons (Fsp3) is 0.545. The Morgan fingerprint density at radius 1 is 1.53 bits per heavy atom. The quantitative estimate of drug-likeness (QED) is 0.842. The smallest absolute Gasteiger partial charge is 0.265 e. The lowest BCUT2D eigenvalue weighted by Gasteiger charge is -2.26. The van der Waals surface area contributed by atoms with E-state index in [9.17, 15) is 4.79 Å². The average molecular weight is 226 g/mol. The van der Waals surface area contributed by atoms with Gasteiger partial charge in [-0.1, -0.05) is 20.8 Å². The number of nitrogens with two attached hydrogens (primary N) is 1. The van der Waals surface area contributed by atoms with Gasteiger partial charge >= 0.3 is 0 Å². The minimum Gasteiger partial charge on any atom is -0.397 e. The van der Waals surface area contributed by atoms with E-state index in [4.69, 9.17) is 5.73 Å². The number of nitrogen functional groups attached to an aromatic ring is 1. The van der Waals surface area contributed by atoms with Gasteiger partial charge in [0.1, 0.15) is 4.88 Å². The van der Waals surface area contributed by atoms with Gasteiger partial charge in [-0.05, 0) is 16.9 Å². The summed E-state index contributed by atoms with van der Waals surface area (Å²) in [5.41, 5.74) is 6.39. The molecule has 4 heteroatoms. The van der Waals surface area contributed by atoms with E-state index in [-0.39, 0.29) is 11.3 Å². The summed E-state index contributed by atoms with van der Waals surface area (Å²) in [6, 6.07) is 1.77. The number of carbonyl (C=O) groups excluding carboxylic acids is 1. The van der Waals surface area contributed by atoms with E-state index in [0.717, 1.165) is 6.54 Å². The minimum absolute atomic E-state index is 0.0115. The van der Waals surface area contributed by atoms with Crippen LogP contribution in [-0.2, 0) is 0 Å². The summed E-state index contributed by atoms with van der Waals surface area (Å²) in [7, 11) is 1.81. The Kier molecular flexibility index (Phi) is 3.39. The summed E-state index contributed by atoms with van der Waals surface area (Å²) in [5, 5.41) is 1.84. The molecule has 1 aromatic rings. The van der Waals surface area contributed by atoms with Gasteiger partial charge < -0.3 is 10.6 Å². The van der Waals surface area contributed by atoms with Gasteiger partial charge in [0.2, 0.25) is 0 Å². The molecule has 0 aromatic carbocycles. The molecule has 1 rings (SSSR count). The first-order valence-corrected chi connectivity index (χ1v) is 5.77. The molecule has 0 atom stereocenters. The number of hydrogen-bond donors (Lipinski definition) is 1. The third kappa shape index (κ3) is 3.23. The highest BCUT2D eigenvalue weighted by Gasteiger charge is 2.20. The Balaban J connectivity index is 2.74. The Bertz CT molecular complexity index is 352. The SMILES string of the molecule is CN(CC(C)(C)C)C(=O)c1sccc1N. The van der Waals surface area contributed by atoms with Gasteiger partial charge in [0.05, 0.1) is 5.69 Å². The zero-order valence-electron chi connectivity index (χ0n) is 9.70. The Hall–Kier alpha value is -1.03. The standard InChI is InChI=1S/C11H18N2OS/c1-11(2,3)7-13(4)10(14)9-8(12)5-6-15-9/h5-6H,7,12H2,1-4H3. The van der Waals surface area contributed by atoms with E-state index >= 15 is 0 Å². The molecule has 0 radical (unpaired) electrons. The van der Waals surface area contributed by atoms with Gasteiger partial charge in [-0.25, -0.2) is 0 Å². The maximum Gasteiger partial charge on any atom is 0.265 e. The van der Waals surface area contributed by atoms with Crippen LogP contribution >= 0.6 is 11.3 Å². The van der Waals surface area contributed by atoms with Crippen LogP contribution in [0, 0.1) is 5.41 Å². The van der Waals surface area contributed by atoms with Gasteiger partial charge in [-0.3, -0.25) is 4.79 Å². The first kappa shape index (κ1) is 12.0. The first-order valence-electron chi connectivity index (χ1n) is 4.90. The Labute approximate surface area is 94.9 Å². The minimum atomic E-state index is 0.0115. The lowest BCUT2D eigenvalue weighted by Crippen LogP contribution is -2.34. The van der Waals surface area contributed by atoms with E-state index in [1.54, 1.807) is 11.0 Å². The van der Waals surface area contributed by atoms with Gasteiger partial charge in [0, 0.05) is 13.6 Å². The lowest BCUT2D eigenvalue weighted by atomic mass is 9.96. The number of amides is 1. The summed E-state index contributed by atoms with van der Waals surface area (Å²) in [6.45, 7) is 7.04. The van der Waals surface area contributed by atoms with E-state index in [0.29, 0.717) is 10.6 Å². The number of rotatable bonds is 2. The van der Waals surface area contributed by atoms with Crippen LogP contribution in [0.15, 0.2) is 11.4 Å². The molecule has 0 aliphatic carbocycles. The molecule has 0 fully saturated rings. The molecule has 0 unspecified atom stereocenters. The van der Waals surface area contributed by atoms with Crippen molar-refractivity contribution >= 4 is 22.9 Å². The highest BCUT2D eigenvalue weighted by Crippen LogP contribution is 2.22. The van der Waals surface area contributed by atoms with Crippen molar-refractivity contribution in [2.75, 3.05) is 19.3 Å². The van der Waals surface area contributed by atoms with Gasteiger partial charge in [0.25, 0.3) is 5.91 Å². The molecule has 2 N–H and O–H groups in total. The molecule has 0 saturated heterocycles. The zero-order valence-corrected chi connectivity index (χ0v) is 10.5. The highest BCUT2D eigenvalue weighted by molar-refractivity contribution is 7.12. The summed E-state index contributed by atoms with van der Waals surface area (Å²) in [6.07, 6.45) is 0. The lowest BCUT2D eigenvalue weighted by molar-refractivity contribution is 0.0751. The van der Waals surface area contributed by atoms with E-state index in [2.05, 4.69) is 20.8 Å². The van der Waals surface area contributed by atoms with Gasteiger partial charge in [-0.15, -0.1) is 11.3 Å². The largest absolute Gasteiger partial charge is 0.397 e. The van der Waals surface area contributed by atoms with Crippen molar-refractivity contribution in [3.05, 3.63) is 16.3 Å². The van der Waals surface area contributed by atoms with Crippen molar-refractivity contribution in [1.29, 1.82) is 0 Å². The predicted octanol–water partition coefficient (Wildman–Crippen LogP) is 2.45. The molecule has 0 saturated carbocycles. The fourth-order valence-corrected chi connectivity index (χ4v) is 2.26. The van der Waals surface area contributed by atoms with E-state index in [1.807, 2.05) is 12.4 Å². The first-order chi connectivity index (χ1) is 6.81.